The van der Waals surface area contributed by atoms with E-state index in [1.807, 2.05) is 0 Å². The molecule has 1 atom stereocenters. The van der Waals surface area contributed by atoms with Crippen molar-refractivity contribution in [2.45, 2.75) is 19.3 Å². The van der Waals surface area contributed by atoms with E-state index in [9.17, 15) is 0 Å². The van der Waals surface area contributed by atoms with Crippen LogP contribution < -0.4 is 5.32 Å². The van der Waals surface area contributed by atoms with Crippen molar-refractivity contribution in [1.82, 2.24) is 15.2 Å². The number of nitrogens with one attached hydrogen (secondary N) is 2. The zero-order valence-electron chi connectivity index (χ0n) is 9.60. The molecule has 0 saturated heterocycles. The monoisotopic (exact) mass is 250 g/mol. The van der Waals surface area contributed by atoms with E-state index < -0.39 is 0 Å². The highest BCUT2D eigenvalue weighted by Gasteiger charge is 2.16. The van der Waals surface area contributed by atoms with E-state index in [0.29, 0.717) is 5.92 Å². The van der Waals surface area contributed by atoms with Gasteiger partial charge in [0.05, 0.1) is 0 Å². The van der Waals surface area contributed by atoms with Crippen LogP contribution >= 0.6 is 12.4 Å². The molecule has 17 heavy (non-hydrogen) atoms. The molecule has 1 aromatic carbocycles. The summed E-state index contributed by atoms with van der Waals surface area (Å²) >= 11 is 0. The standard InChI is InChI=1S/C12H14N4.ClH/c1-8-4-5-13-11-3-2-9(6-10(8)11)12-14-7-15-16-12;/h2-3,6-8,13H,4-5H2,1H3,(H,14,15,16);1H. The number of halogens is 1. The van der Waals surface area contributed by atoms with Gasteiger partial charge in [0.25, 0.3) is 0 Å². The third-order valence-corrected chi connectivity index (χ3v) is 3.16. The van der Waals surface area contributed by atoms with E-state index in [2.05, 4.69) is 45.6 Å². The van der Waals surface area contributed by atoms with Crippen molar-refractivity contribution in [1.29, 1.82) is 0 Å². The minimum atomic E-state index is 0. The lowest BCUT2D eigenvalue weighted by Crippen LogP contribution is -2.14. The van der Waals surface area contributed by atoms with Crippen LogP contribution in [0.1, 0.15) is 24.8 Å². The fraction of sp³-hybridized carbons (Fsp3) is 0.333. The molecule has 1 aromatic heterocycles. The van der Waals surface area contributed by atoms with Crippen molar-refractivity contribution in [3.05, 3.63) is 30.1 Å². The summed E-state index contributed by atoms with van der Waals surface area (Å²) in [6.45, 7) is 3.33. The molecule has 4 nitrogen and oxygen atoms in total. The lowest BCUT2D eigenvalue weighted by Gasteiger charge is -2.24. The van der Waals surface area contributed by atoms with Crippen LogP contribution in [0.3, 0.4) is 0 Å². The van der Waals surface area contributed by atoms with Gasteiger partial charge in [-0.1, -0.05) is 6.92 Å². The van der Waals surface area contributed by atoms with Gasteiger partial charge in [0.15, 0.2) is 5.82 Å². The minimum absolute atomic E-state index is 0. The average Bonchev–Trinajstić information content (AvgIpc) is 2.83. The molecule has 2 heterocycles. The molecule has 3 rings (SSSR count). The number of nitrogens with zero attached hydrogens (tertiary/aromatic N) is 2. The number of benzene rings is 1. The van der Waals surface area contributed by atoms with Gasteiger partial charge in [-0.05, 0) is 36.1 Å². The molecule has 5 heteroatoms. The van der Waals surface area contributed by atoms with Gasteiger partial charge in [-0.15, -0.1) is 12.4 Å². The van der Waals surface area contributed by atoms with Crippen molar-refractivity contribution >= 4 is 18.1 Å². The molecule has 1 aliphatic rings. The second kappa shape index (κ2) is 4.75. The highest BCUT2D eigenvalue weighted by atomic mass is 35.5. The van der Waals surface area contributed by atoms with Crippen LogP contribution in [0.2, 0.25) is 0 Å². The van der Waals surface area contributed by atoms with Gasteiger partial charge in [-0.2, -0.15) is 5.10 Å². The van der Waals surface area contributed by atoms with Crippen molar-refractivity contribution in [2.24, 2.45) is 0 Å². The second-order valence-electron chi connectivity index (χ2n) is 4.25. The SMILES string of the molecule is CC1CCNc2ccc(-c3ncn[nH]3)cc21.Cl. The van der Waals surface area contributed by atoms with Gasteiger partial charge < -0.3 is 5.32 Å². The molecule has 0 bridgehead atoms. The summed E-state index contributed by atoms with van der Waals surface area (Å²) in [7, 11) is 0. The van der Waals surface area contributed by atoms with E-state index in [4.69, 9.17) is 0 Å². The number of anilines is 1. The van der Waals surface area contributed by atoms with Gasteiger partial charge in [-0.3, -0.25) is 5.10 Å². The topological polar surface area (TPSA) is 53.6 Å². The third kappa shape index (κ3) is 2.13. The number of aromatic amines is 1. The van der Waals surface area contributed by atoms with E-state index in [-0.39, 0.29) is 12.4 Å². The summed E-state index contributed by atoms with van der Waals surface area (Å²) in [6.07, 6.45) is 2.73. The number of rotatable bonds is 1. The van der Waals surface area contributed by atoms with Crippen LogP contribution in [0.15, 0.2) is 24.5 Å². The zero-order chi connectivity index (χ0) is 11.0. The highest BCUT2D eigenvalue weighted by molar-refractivity contribution is 5.85. The first kappa shape index (κ1) is 11.9. The molecule has 1 unspecified atom stereocenters. The van der Waals surface area contributed by atoms with Crippen LogP contribution in [0.4, 0.5) is 5.69 Å². The Morgan fingerprint density at radius 2 is 2.24 bits per heavy atom. The predicted octanol–water partition coefficient (Wildman–Crippen LogP) is 2.81. The molecule has 0 radical (unpaired) electrons. The molecular formula is C12H15ClN4. The van der Waals surface area contributed by atoms with Gasteiger partial charge in [-0.25, -0.2) is 4.98 Å². The third-order valence-electron chi connectivity index (χ3n) is 3.16. The number of hydrogen-bond acceptors (Lipinski definition) is 3. The first-order chi connectivity index (χ1) is 7.84. The molecule has 1 aliphatic heterocycles. The Morgan fingerprint density at radius 1 is 1.35 bits per heavy atom. The molecular weight excluding hydrogens is 236 g/mol. The van der Waals surface area contributed by atoms with Crippen LogP contribution in [-0.4, -0.2) is 21.7 Å². The summed E-state index contributed by atoms with van der Waals surface area (Å²) in [5.41, 5.74) is 3.73. The van der Waals surface area contributed by atoms with Crippen molar-refractivity contribution in [2.75, 3.05) is 11.9 Å². The number of aromatic nitrogens is 3. The van der Waals surface area contributed by atoms with Crippen LogP contribution in [0.25, 0.3) is 11.4 Å². The molecule has 0 spiro atoms. The Bertz CT molecular complexity index is 495. The molecule has 2 N–H and O–H groups in total. The highest BCUT2D eigenvalue weighted by Crippen LogP contribution is 2.33. The quantitative estimate of drug-likeness (QED) is 0.818. The molecule has 2 aromatic rings. The maximum Gasteiger partial charge on any atom is 0.155 e. The largest absolute Gasteiger partial charge is 0.385 e. The Labute approximate surface area is 106 Å². The lowest BCUT2D eigenvalue weighted by molar-refractivity contribution is 0.684. The fourth-order valence-electron chi connectivity index (χ4n) is 2.20. The van der Waals surface area contributed by atoms with E-state index >= 15 is 0 Å². The molecule has 90 valence electrons. The summed E-state index contributed by atoms with van der Waals surface area (Å²) in [5, 5.41) is 10.2. The summed E-state index contributed by atoms with van der Waals surface area (Å²) in [5.74, 6) is 1.44. The summed E-state index contributed by atoms with van der Waals surface area (Å²) in [6, 6.07) is 6.40. The Morgan fingerprint density at radius 3 is 3.00 bits per heavy atom. The summed E-state index contributed by atoms with van der Waals surface area (Å²) < 4.78 is 0. The Hall–Kier alpha value is -1.55. The summed E-state index contributed by atoms with van der Waals surface area (Å²) in [4.78, 5) is 4.17. The smallest absolute Gasteiger partial charge is 0.155 e. The van der Waals surface area contributed by atoms with Gasteiger partial charge in [0.1, 0.15) is 6.33 Å². The average molecular weight is 251 g/mol. The predicted molar refractivity (Wildman–Crippen MR) is 70.6 cm³/mol. The number of hydrogen-bond donors (Lipinski definition) is 2. The minimum Gasteiger partial charge on any atom is -0.385 e. The second-order valence-corrected chi connectivity index (χ2v) is 4.25. The van der Waals surface area contributed by atoms with Crippen LogP contribution in [0.5, 0.6) is 0 Å². The lowest BCUT2D eigenvalue weighted by atomic mass is 9.91. The van der Waals surface area contributed by atoms with Crippen molar-refractivity contribution < 1.29 is 0 Å². The van der Waals surface area contributed by atoms with Crippen LogP contribution in [-0.2, 0) is 0 Å². The molecule has 0 fully saturated rings. The molecule has 0 saturated carbocycles. The van der Waals surface area contributed by atoms with Gasteiger partial charge >= 0.3 is 0 Å². The molecule has 0 amide bonds. The van der Waals surface area contributed by atoms with Crippen molar-refractivity contribution in [3.63, 3.8) is 0 Å². The van der Waals surface area contributed by atoms with E-state index in [1.165, 1.54) is 24.0 Å². The zero-order valence-corrected chi connectivity index (χ0v) is 10.4. The number of fused-ring (bicyclic) bond motifs is 1. The van der Waals surface area contributed by atoms with Crippen molar-refractivity contribution in [3.8, 4) is 11.4 Å². The Kier molecular flexibility index (Phi) is 3.33. The van der Waals surface area contributed by atoms with Crippen LogP contribution in [0, 0.1) is 0 Å². The maximum absolute atomic E-state index is 4.17. The first-order valence-electron chi connectivity index (χ1n) is 5.58. The van der Waals surface area contributed by atoms with E-state index in [1.54, 1.807) is 0 Å². The maximum atomic E-state index is 4.17. The normalized spacial score (nSPS) is 17.8. The first-order valence-corrected chi connectivity index (χ1v) is 5.58. The van der Waals surface area contributed by atoms with Gasteiger partial charge in [0, 0.05) is 17.8 Å². The van der Waals surface area contributed by atoms with E-state index in [0.717, 1.165) is 17.9 Å². The molecule has 0 aliphatic carbocycles. The fourth-order valence-corrected chi connectivity index (χ4v) is 2.20. The number of H-pyrrole nitrogens is 1. The van der Waals surface area contributed by atoms with Gasteiger partial charge in [0.2, 0.25) is 0 Å². The Balaban J connectivity index is 0.00000108.